The molecule has 0 aliphatic carbocycles. The van der Waals surface area contributed by atoms with Crippen LogP contribution in [0.25, 0.3) is 0 Å². The number of aliphatic hydroxyl groups is 1. The quantitative estimate of drug-likeness (QED) is 0.0222. The van der Waals surface area contributed by atoms with Crippen LogP contribution in [0.4, 0.5) is 0 Å². The number of rotatable bonds is 84. The molecule has 0 fully saturated rings. The van der Waals surface area contributed by atoms with E-state index in [4.69, 9.17) is 37.0 Å². The van der Waals surface area contributed by atoms with Crippen LogP contribution >= 0.6 is 15.6 Å². The summed E-state index contributed by atoms with van der Waals surface area (Å²) in [6.45, 7) is 4.95. The summed E-state index contributed by atoms with van der Waals surface area (Å²) in [5.74, 6) is -2.11. The third-order valence-electron chi connectivity index (χ3n) is 19.6. The molecular formula is C83H162O17P2. The largest absolute Gasteiger partial charge is 0.472 e. The minimum atomic E-state index is -4.96. The minimum absolute atomic E-state index is 0.108. The zero-order valence-corrected chi connectivity index (χ0v) is 68.4. The molecule has 0 aliphatic heterocycles. The van der Waals surface area contributed by atoms with Crippen molar-refractivity contribution in [2.75, 3.05) is 39.6 Å². The Labute approximate surface area is 626 Å². The van der Waals surface area contributed by atoms with Crippen molar-refractivity contribution in [2.45, 2.75) is 470 Å². The summed E-state index contributed by atoms with van der Waals surface area (Å²) in [5, 5.41) is 10.6. The van der Waals surface area contributed by atoms with Crippen molar-refractivity contribution in [3.63, 3.8) is 0 Å². The molecule has 0 aromatic carbocycles. The van der Waals surface area contributed by atoms with Crippen LogP contribution in [0, 0.1) is 0 Å². The first-order valence-electron chi connectivity index (χ1n) is 43.3. The molecule has 0 amide bonds. The summed E-state index contributed by atoms with van der Waals surface area (Å²) in [4.78, 5) is 72.8. The highest BCUT2D eigenvalue weighted by molar-refractivity contribution is 7.47. The lowest BCUT2D eigenvalue weighted by molar-refractivity contribution is -0.161. The molecule has 0 saturated carbocycles. The number of esters is 4. The molecule has 0 aromatic heterocycles. The molecule has 17 nitrogen and oxygen atoms in total. The van der Waals surface area contributed by atoms with Crippen molar-refractivity contribution in [3.05, 3.63) is 0 Å². The minimum Gasteiger partial charge on any atom is -0.462 e. The van der Waals surface area contributed by atoms with Gasteiger partial charge >= 0.3 is 39.5 Å². The highest BCUT2D eigenvalue weighted by Gasteiger charge is 2.30. The van der Waals surface area contributed by atoms with E-state index in [-0.39, 0.29) is 25.7 Å². The van der Waals surface area contributed by atoms with Gasteiger partial charge < -0.3 is 33.8 Å². The van der Waals surface area contributed by atoms with E-state index in [9.17, 15) is 43.2 Å². The number of carbonyl (C=O) groups is 4. The fraction of sp³-hybridized carbons (Fsp3) is 0.952. The van der Waals surface area contributed by atoms with Crippen molar-refractivity contribution in [1.82, 2.24) is 0 Å². The van der Waals surface area contributed by atoms with Gasteiger partial charge in [0.15, 0.2) is 12.2 Å². The maximum absolute atomic E-state index is 13.1. The van der Waals surface area contributed by atoms with Crippen LogP contribution in [0.2, 0.25) is 0 Å². The number of hydrogen-bond acceptors (Lipinski definition) is 15. The number of aliphatic hydroxyl groups excluding tert-OH is 1. The molecule has 5 atom stereocenters. The van der Waals surface area contributed by atoms with Gasteiger partial charge in [0, 0.05) is 25.7 Å². The third kappa shape index (κ3) is 76.3. The van der Waals surface area contributed by atoms with Crippen molar-refractivity contribution in [3.8, 4) is 0 Å². The normalized spacial score (nSPS) is 13.8. The van der Waals surface area contributed by atoms with Gasteiger partial charge in [-0.25, -0.2) is 9.13 Å². The van der Waals surface area contributed by atoms with Crippen LogP contribution in [0.5, 0.6) is 0 Å². The van der Waals surface area contributed by atoms with E-state index in [0.717, 1.165) is 96.3 Å². The number of phosphoric acid groups is 2. The van der Waals surface area contributed by atoms with E-state index in [1.165, 1.54) is 276 Å². The summed E-state index contributed by atoms with van der Waals surface area (Å²) < 4.78 is 68.6. The molecule has 0 aromatic rings. The van der Waals surface area contributed by atoms with Crippen molar-refractivity contribution < 1.29 is 80.2 Å². The summed E-state index contributed by atoms with van der Waals surface area (Å²) in [5.41, 5.74) is 0. The van der Waals surface area contributed by atoms with Gasteiger partial charge in [0.1, 0.15) is 19.3 Å². The molecule has 3 N–H and O–H groups in total. The molecule has 2 unspecified atom stereocenters. The average Bonchev–Trinajstić information content (AvgIpc) is 1.05. The van der Waals surface area contributed by atoms with E-state index in [1.54, 1.807) is 0 Å². The Bertz CT molecular complexity index is 1930. The first kappa shape index (κ1) is 100. The lowest BCUT2D eigenvalue weighted by Crippen LogP contribution is -2.30. The molecular weight excluding hydrogens is 1330 g/mol. The Morgan fingerprint density at radius 1 is 0.235 bits per heavy atom. The number of hydrogen-bond donors (Lipinski definition) is 3. The molecule has 606 valence electrons. The number of unbranched alkanes of at least 4 members (excludes halogenated alkanes) is 58. The van der Waals surface area contributed by atoms with Gasteiger partial charge in [-0.2, -0.15) is 0 Å². The van der Waals surface area contributed by atoms with Crippen molar-refractivity contribution in [2.24, 2.45) is 0 Å². The lowest BCUT2D eigenvalue weighted by Gasteiger charge is -2.21. The Hall–Kier alpha value is -1.94. The maximum atomic E-state index is 13.1. The zero-order chi connectivity index (χ0) is 74.6. The van der Waals surface area contributed by atoms with Gasteiger partial charge in [-0.15, -0.1) is 0 Å². The van der Waals surface area contributed by atoms with Gasteiger partial charge in [-0.3, -0.25) is 37.3 Å². The molecule has 0 spiro atoms. The highest BCUT2D eigenvalue weighted by Crippen LogP contribution is 2.45. The SMILES string of the molecule is CCCCCCCCCCCCCCCCCCCCCCC(=O)O[C@H](COC(=O)CCCCCCCCCCCCCCCCCCCCC)COP(=O)(O)OC[C@@H](O)COP(=O)(O)OC[C@@H](COC(=O)CCCCCCC)OC(=O)CCCCCCCCCCCCCCCCCCCC. The van der Waals surface area contributed by atoms with Crippen molar-refractivity contribution in [1.29, 1.82) is 0 Å². The van der Waals surface area contributed by atoms with E-state index < -0.39 is 97.5 Å². The molecule has 0 aliphatic rings. The van der Waals surface area contributed by atoms with E-state index in [2.05, 4.69) is 27.7 Å². The van der Waals surface area contributed by atoms with Crippen LogP contribution < -0.4 is 0 Å². The summed E-state index contributed by atoms with van der Waals surface area (Å²) >= 11 is 0. The standard InChI is InChI=1S/C83H162O17P2/c1-5-9-13-17-20-23-26-29-32-35-38-40-43-46-49-52-55-58-62-66-70-83(88)100-79(74-94-81(86)68-64-60-56-53-50-47-44-42-39-36-33-30-27-24-21-18-14-10-6-2)76-98-102(91,92)96-72-77(84)71-95-101(89,90)97-75-78(73-93-80(85)67-63-59-16-12-8-4)99-82(87)69-65-61-57-54-51-48-45-41-37-34-31-28-25-22-19-15-11-7-3/h77-79,84H,5-76H2,1-4H3,(H,89,90)(H,91,92)/t77-,78+,79+/m0/s1. The number of phosphoric ester groups is 2. The van der Waals surface area contributed by atoms with Gasteiger partial charge in [-0.05, 0) is 25.7 Å². The fourth-order valence-electron chi connectivity index (χ4n) is 13.0. The van der Waals surface area contributed by atoms with Gasteiger partial charge in [-0.1, -0.05) is 400 Å². The topological polar surface area (TPSA) is 237 Å². The highest BCUT2D eigenvalue weighted by atomic mass is 31.2. The maximum Gasteiger partial charge on any atom is 0.472 e. The second kappa shape index (κ2) is 77.2. The van der Waals surface area contributed by atoms with Crippen LogP contribution in [0.1, 0.15) is 451 Å². The second-order valence-corrected chi connectivity index (χ2v) is 32.8. The molecule has 0 heterocycles. The van der Waals surface area contributed by atoms with Gasteiger partial charge in [0.05, 0.1) is 26.4 Å². The van der Waals surface area contributed by atoms with E-state index in [1.807, 2.05) is 0 Å². The summed E-state index contributed by atoms with van der Waals surface area (Å²) in [6, 6.07) is 0. The zero-order valence-electron chi connectivity index (χ0n) is 66.6. The van der Waals surface area contributed by atoms with Crippen LogP contribution in [0.15, 0.2) is 0 Å². The molecule has 0 bridgehead atoms. The van der Waals surface area contributed by atoms with Crippen LogP contribution in [0.3, 0.4) is 0 Å². The number of ether oxygens (including phenoxy) is 4. The van der Waals surface area contributed by atoms with E-state index >= 15 is 0 Å². The number of carbonyl (C=O) groups excluding carboxylic acids is 4. The summed E-state index contributed by atoms with van der Waals surface area (Å²) in [7, 11) is -9.91. The van der Waals surface area contributed by atoms with E-state index in [0.29, 0.717) is 25.7 Å². The Morgan fingerprint density at radius 3 is 0.578 bits per heavy atom. The molecule has 102 heavy (non-hydrogen) atoms. The fourth-order valence-corrected chi connectivity index (χ4v) is 14.6. The first-order valence-corrected chi connectivity index (χ1v) is 46.3. The Morgan fingerprint density at radius 2 is 0.392 bits per heavy atom. The van der Waals surface area contributed by atoms with Crippen molar-refractivity contribution >= 4 is 39.5 Å². The molecule has 0 radical (unpaired) electrons. The monoisotopic (exact) mass is 1490 g/mol. The van der Waals surface area contributed by atoms with Crippen LogP contribution in [-0.4, -0.2) is 96.7 Å². The third-order valence-corrected chi connectivity index (χ3v) is 21.5. The average molecular weight is 1490 g/mol. The lowest BCUT2D eigenvalue weighted by atomic mass is 10.0. The van der Waals surface area contributed by atoms with Crippen LogP contribution in [-0.2, 0) is 65.4 Å². The van der Waals surface area contributed by atoms with Gasteiger partial charge in [0.25, 0.3) is 0 Å². The molecule has 19 heteroatoms. The predicted molar refractivity (Wildman–Crippen MR) is 419 cm³/mol. The Balaban J connectivity index is 5.10. The molecule has 0 saturated heterocycles. The van der Waals surface area contributed by atoms with Gasteiger partial charge in [0.2, 0.25) is 0 Å². The smallest absolute Gasteiger partial charge is 0.462 e. The Kier molecular flexibility index (Phi) is 75.8. The second-order valence-electron chi connectivity index (χ2n) is 29.9. The molecule has 0 rings (SSSR count). The summed E-state index contributed by atoms with van der Waals surface area (Å²) in [6.07, 6.45) is 71.4. The predicted octanol–water partition coefficient (Wildman–Crippen LogP) is 25.4. The first-order chi connectivity index (χ1) is 49.7.